The summed E-state index contributed by atoms with van der Waals surface area (Å²) in [4.78, 5) is 0. The highest BCUT2D eigenvalue weighted by molar-refractivity contribution is 4.73. The van der Waals surface area contributed by atoms with Crippen LogP contribution >= 0.6 is 0 Å². The molecule has 0 heterocycles. The van der Waals surface area contributed by atoms with Crippen LogP contribution in [0.25, 0.3) is 0 Å². The van der Waals surface area contributed by atoms with Crippen molar-refractivity contribution < 1.29 is 13.2 Å². The van der Waals surface area contributed by atoms with Crippen molar-refractivity contribution in [2.75, 3.05) is 13.1 Å². The van der Waals surface area contributed by atoms with Crippen LogP contribution in [0.15, 0.2) is 0 Å². The highest BCUT2D eigenvalue weighted by Crippen LogP contribution is 2.11. The Labute approximate surface area is 50.3 Å². The molecule has 0 bridgehead atoms. The highest BCUT2D eigenvalue weighted by atomic mass is 19.4. The fraction of sp³-hybridized carbons (Fsp3) is 0.750. The van der Waals surface area contributed by atoms with E-state index in [4.69, 9.17) is 5.26 Å². The molecule has 0 aromatic heterocycles. The number of nitrogens with zero attached hydrogens (tertiary/aromatic N) is 1. The summed E-state index contributed by atoms with van der Waals surface area (Å²) >= 11 is 0. The van der Waals surface area contributed by atoms with Crippen molar-refractivity contribution in [1.29, 1.82) is 5.26 Å². The molecule has 0 atom stereocenters. The number of hydrogen-bond acceptors (Lipinski definition) is 2. The summed E-state index contributed by atoms with van der Waals surface area (Å²) < 4.78 is 33.6. The topological polar surface area (TPSA) is 35.8 Å². The first kappa shape index (κ1) is 8.24. The first-order valence-corrected chi connectivity index (χ1v) is 2.20. The van der Waals surface area contributed by atoms with Crippen molar-refractivity contribution in [3.05, 3.63) is 0 Å². The Hall–Kier alpha value is -0.760. The largest absolute Gasteiger partial charge is 0.401 e. The summed E-state index contributed by atoms with van der Waals surface area (Å²) in [6, 6.07) is 1.53. The minimum Gasteiger partial charge on any atom is -0.296 e. The van der Waals surface area contributed by atoms with Gasteiger partial charge >= 0.3 is 6.18 Å². The molecule has 0 aliphatic heterocycles. The summed E-state index contributed by atoms with van der Waals surface area (Å²) in [6.45, 7) is -1.36. The fourth-order valence-corrected chi connectivity index (χ4v) is 0.260. The zero-order chi connectivity index (χ0) is 7.33. The molecule has 0 saturated heterocycles. The summed E-state index contributed by atoms with van der Waals surface area (Å²) in [5.41, 5.74) is 0. The average Bonchev–Trinajstić information content (AvgIpc) is 1.63. The molecule has 0 aliphatic rings. The fourth-order valence-electron chi connectivity index (χ4n) is 0.260. The Morgan fingerprint density at radius 2 is 2.00 bits per heavy atom. The smallest absolute Gasteiger partial charge is 0.296 e. The van der Waals surface area contributed by atoms with Gasteiger partial charge in [-0.05, 0) is 0 Å². The standard InChI is InChI=1S/C4H5F3N2/c5-4(6,7)3-9-2-1-8/h9H,2-3H2. The number of nitrogens with one attached hydrogen (secondary N) is 1. The average molecular weight is 138 g/mol. The molecular weight excluding hydrogens is 133 g/mol. The maximum atomic E-state index is 11.2. The van der Waals surface area contributed by atoms with Crippen molar-refractivity contribution in [1.82, 2.24) is 5.32 Å². The molecule has 0 aromatic carbocycles. The normalized spacial score (nSPS) is 10.9. The Kier molecular flexibility index (Phi) is 3.02. The van der Waals surface area contributed by atoms with Crippen LogP contribution in [0.3, 0.4) is 0 Å². The summed E-state index contributed by atoms with van der Waals surface area (Å²) in [6.07, 6.45) is -4.21. The van der Waals surface area contributed by atoms with Crippen molar-refractivity contribution in [2.24, 2.45) is 0 Å². The lowest BCUT2D eigenvalue weighted by atomic mass is 10.6. The van der Waals surface area contributed by atoms with Crippen LogP contribution in [-0.4, -0.2) is 19.3 Å². The van der Waals surface area contributed by atoms with Crippen LogP contribution in [0.1, 0.15) is 0 Å². The number of nitriles is 1. The molecule has 0 aliphatic carbocycles. The second-order valence-corrected chi connectivity index (χ2v) is 1.38. The molecule has 0 spiro atoms. The molecule has 0 aromatic rings. The molecule has 0 saturated carbocycles. The summed E-state index contributed by atoms with van der Waals surface area (Å²) in [7, 11) is 0. The van der Waals surface area contributed by atoms with E-state index in [2.05, 4.69) is 0 Å². The Morgan fingerprint density at radius 1 is 1.44 bits per heavy atom. The van der Waals surface area contributed by atoms with E-state index in [0.717, 1.165) is 0 Å². The maximum Gasteiger partial charge on any atom is 0.401 e. The molecule has 1 N–H and O–H groups in total. The van der Waals surface area contributed by atoms with E-state index in [9.17, 15) is 13.2 Å². The molecule has 5 heteroatoms. The van der Waals surface area contributed by atoms with Crippen molar-refractivity contribution in [3.8, 4) is 6.07 Å². The van der Waals surface area contributed by atoms with Gasteiger partial charge in [-0.2, -0.15) is 18.4 Å². The van der Waals surface area contributed by atoms with Gasteiger partial charge in [-0.3, -0.25) is 5.32 Å². The Morgan fingerprint density at radius 3 is 2.33 bits per heavy atom. The third-order valence-corrected chi connectivity index (χ3v) is 0.530. The van der Waals surface area contributed by atoms with Crippen LogP contribution in [0.2, 0.25) is 0 Å². The van der Waals surface area contributed by atoms with Crippen molar-refractivity contribution >= 4 is 0 Å². The Bertz CT molecular complexity index is 112. The van der Waals surface area contributed by atoms with Gasteiger partial charge in [-0.1, -0.05) is 0 Å². The maximum absolute atomic E-state index is 11.2. The monoisotopic (exact) mass is 138 g/mol. The van der Waals surface area contributed by atoms with Gasteiger partial charge in [0, 0.05) is 0 Å². The highest BCUT2D eigenvalue weighted by Gasteiger charge is 2.25. The molecule has 2 nitrogen and oxygen atoms in total. The van der Waals surface area contributed by atoms with E-state index in [-0.39, 0.29) is 6.54 Å². The van der Waals surface area contributed by atoms with Gasteiger partial charge in [-0.25, -0.2) is 0 Å². The molecule has 0 rings (SSSR count). The van der Waals surface area contributed by atoms with Crippen LogP contribution < -0.4 is 5.32 Å². The van der Waals surface area contributed by atoms with Gasteiger partial charge in [-0.15, -0.1) is 0 Å². The second kappa shape index (κ2) is 3.30. The zero-order valence-electron chi connectivity index (χ0n) is 4.50. The van der Waals surface area contributed by atoms with Crippen molar-refractivity contribution in [3.63, 3.8) is 0 Å². The molecule has 0 radical (unpaired) electrons. The van der Waals surface area contributed by atoms with Crippen LogP contribution in [0, 0.1) is 11.3 Å². The van der Waals surface area contributed by atoms with Crippen LogP contribution in [0.5, 0.6) is 0 Å². The number of hydrogen-bond donors (Lipinski definition) is 1. The molecule has 52 valence electrons. The number of halogens is 3. The van der Waals surface area contributed by atoms with Gasteiger partial charge in [0.2, 0.25) is 0 Å². The second-order valence-electron chi connectivity index (χ2n) is 1.38. The minimum absolute atomic E-state index is 0.264. The van der Waals surface area contributed by atoms with Gasteiger partial charge in [0.25, 0.3) is 0 Å². The minimum atomic E-state index is -4.21. The van der Waals surface area contributed by atoms with Gasteiger partial charge in [0.15, 0.2) is 0 Å². The predicted octanol–water partition coefficient (Wildman–Crippen LogP) is 0.662. The number of alkyl halides is 3. The van der Waals surface area contributed by atoms with Crippen LogP contribution in [-0.2, 0) is 0 Å². The van der Waals surface area contributed by atoms with E-state index in [1.165, 1.54) is 6.07 Å². The van der Waals surface area contributed by atoms with E-state index in [1.807, 2.05) is 5.32 Å². The quantitative estimate of drug-likeness (QED) is 0.449. The van der Waals surface area contributed by atoms with E-state index >= 15 is 0 Å². The summed E-state index contributed by atoms with van der Waals surface area (Å²) in [5.74, 6) is 0. The van der Waals surface area contributed by atoms with Crippen LogP contribution in [0.4, 0.5) is 13.2 Å². The van der Waals surface area contributed by atoms with E-state index in [0.29, 0.717) is 0 Å². The first-order chi connectivity index (χ1) is 4.06. The summed E-state index contributed by atoms with van der Waals surface area (Å²) in [5, 5.41) is 9.67. The number of rotatable bonds is 2. The SMILES string of the molecule is N#CCNCC(F)(F)F. The molecule has 0 amide bonds. The molecular formula is C4H5F3N2. The molecule has 0 unspecified atom stereocenters. The van der Waals surface area contributed by atoms with Gasteiger partial charge in [0.05, 0.1) is 19.2 Å². The lowest BCUT2D eigenvalue weighted by Gasteiger charge is -2.03. The van der Waals surface area contributed by atoms with Crippen molar-refractivity contribution in [2.45, 2.75) is 6.18 Å². The predicted molar refractivity (Wildman–Crippen MR) is 24.5 cm³/mol. The molecule has 0 fully saturated rings. The molecule has 9 heavy (non-hydrogen) atoms. The third kappa shape index (κ3) is 7.24. The third-order valence-electron chi connectivity index (χ3n) is 0.530. The Balaban J connectivity index is 3.20. The zero-order valence-corrected chi connectivity index (χ0v) is 4.50. The lowest BCUT2D eigenvalue weighted by Crippen LogP contribution is -2.28. The van der Waals surface area contributed by atoms with Gasteiger partial charge in [0.1, 0.15) is 0 Å². The lowest BCUT2D eigenvalue weighted by molar-refractivity contribution is -0.124. The van der Waals surface area contributed by atoms with E-state index in [1.54, 1.807) is 0 Å². The first-order valence-electron chi connectivity index (χ1n) is 2.20. The van der Waals surface area contributed by atoms with Gasteiger partial charge < -0.3 is 0 Å². The van der Waals surface area contributed by atoms with E-state index < -0.39 is 12.7 Å².